The summed E-state index contributed by atoms with van der Waals surface area (Å²) in [5.74, 6) is -0.692. The lowest BCUT2D eigenvalue weighted by atomic mass is 10.1. The quantitative estimate of drug-likeness (QED) is 0.712. The molecule has 2 heterocycles. The zero-order chi connectivity index (χ0) is 16.8. The second-order valence-electron chi connectivity index (χ2n) is 5.48. The number of rotatable bonds is 8. The van der Waals surface area contributed by atoms with Crippen LogP contribution < -0.4 is 5.32 Å². The van der Waals surface area contributed by atoms with Gasteiger partial charge in [0.05, 0.1) is 0 Å². The maximum absolute atomic E-state index is 12.3. The fourth-order valence-electron chi connectivity index (χ4n) is 1.98. The van der Waals surface area contributed by atoms with E-state index in [1.165, 1.54) is 22.7 Å². The molecular formula is C15H19N3O3S2. The topological polar surface area (TPSA) is 92.2 Å². The highest BCUT2D eigenvalue weighted by molar-refractivity contribution is 7.20. The summed E-state index contributed by atoms with van der Waals surface area (Å²) >= 11 is 2.99. The van der Waals surface area contributed by atoms with E-state index in [2.05, 4.69) is 29.1 Å². The number of carbonyl (C=O) groups is 2. The number of thiazole rings is 2. The van der Waals surface area contributed by atoms with Crippen LogP contribution in [0.4, 0.5) is 0 Å². The first-order valence-electron chi connectivity index (χ1n) is 7.37. The van der Waals surface area contributed by atoms with E-state index in [4.69, 9.17) is 5.11 Å². The smallest absolute Gasteiger partial charge is 0.303 e. The van der Waals surface area contributed by atoms with E-state index in [-0.39, 0.29) is 12.3 Å². The molecule has 0 radical (unpaired) electrons. The van der Waals surface area contributed by atoms with E-state index in [1.54, 1.807) is 6.20 Å². The minimum absolute atomic E-state index is 0.0422. The lowest BCUT2D eigenvalue weighted by Gasteiger charge is -2.06. The molecular weight excluding hydrogens is 334 g/mol. The fraction of sp³-hybridized carbons (Fsp3) is 0.467. The van der Waals surface area contributed by atoms with Gasteiger partial charge in [-0.05, 0) is 18.8 Å². The summed E-state index contributed by atoms with van der Waals surface area (Å²) in [6, 6.07) is 0. The van der Waals surface area contributed by atoms with Crippen LogP contribution in [0.1, 0.15) is 42.1 Å². The molecule has 2 N–H and O–H groups in total. The van der Waals surface area contributed by atoms with Gasteiger partial charge in [-0.25, -0.2) is 9.97 Å². The van der Waals surface area contributed by atoms with Crippen molar-refractivity contribution in [3.63, 3.8) is 0 Å². The van der Waals surface area contributed by atoms with Crippen LogP contribution in [-0.4, -0.2) is 33.5 Å². The summed E-state index contributed by atoms with van der Waals surface area (Å²) in [4.78, 5) is 32.5. The minimum Gasteiger partial charge on any atom is -0.481 e. The first-order chi connectivity index (χ1) is 11.0. The predicted molar refractivity (Wildman–Crippen MR) is 91.0 cm³/mol. The molecule has 1 amide bonds. The molecule has 124 valence electrons. The van der Waals surface area contributed by atoms with Gasteiger partial charge in [0.2, 0.25) is 0 Å². The van der Waals surface area contributed by atoms with Crippen molar-refractivity contribution in [2.45, 2.75) is 33.1 Å². The molecule has 0 atom stereocenters. The summed E-state index contributed by atoms with van der Waals surface area (Å²) in [7, 11) is 0. The lowest BCUT2D eigenvalue weighted by Crippen LogP contribution is -2.26. The number of aromatic nitrogens is 2. The van der Waals surface area contributed by atoms with E-state index in [0.717, 1.165) is 21.3 Å². The van der Waals surface area contributed by atoms with Crippen molar-refractivity contribution < 1.29 is 14.7 Å². The van der Waals surface area contributed by atoms with Crippen molar-refractivity contribution >= 4 is 34.6 Å². The number of carboxylic acids is 1. The molecule has 0 aromatic carbocycles. The third kappa shape index (κ3) is 5.11. The van der Waals surface area contributed by atoms with Crippen LogP contribution in [0.2, 0.25) is 0 Å². The van der Waals surface area contributed by atoms with Gasteiger partial charge in [-0.2, -0.15) is 0 Å². The van der Waals surface area contributed by atoms with Crippen LogP contribution >= 0.6 is 22.7 Å². The Hall–Kier alpha value is -1.80. The van der Waals surface area contributed by atoms with Crippen LogP contribution in [0.15, 0.2) is 11.6 Å². The molecule has 0 spiro atoms. The zero-order valence-electron chi connectivity index (χ0n) is 13.0. The predicted octanol–water partition coefficient (Wildman–Crippen LogP) is 3.06. The molecule has 2 rings (SSSR count). The highest BCUT2D eigenvalue weighted by Crippen LogP contribution is 2.31. The molecule has 0 aliphatic heterocycles. The summed E-state index contributed by atoms with van der Waals surface area (Å²) in [6.45, 7) is 4.52. The fourth-order valence-corrected chi connectivity index (χ4v) is 3.93. The van der Waals surface area contributed by atoms with Gasteiger partial charge in [0, 0.05) is 29.4 Å². The number of hydrogen-bond acceptors (Lipinski definition) is 6. The molecule has 6 nitrogen and oxygen atoms in total. The van der Waals surface area contributed by atoms with Gasteiger partial charge in [-0.3, -0.25) is 9.59 Å². The zero-order valence-corrected chi connectivity index (χ0v) is 14.7. The van der Waals surface area contributed by atoms with Crippen molar-refractivity contribution in [2.24, 2.45) is 5.92 Å². The molecule has 0 unspecified atom stereocenters. The minimum atomic E-state index is -0.862. The Labute approximate surface area is 142 Å². The molecule has 0 aliphatic carbocycles. The Morgan fingerprint density at radius 3 is 2.74 bits per heavy atom. The monoisotopic (exact) mass is 353 g/mol. The summed E-state index contributed by atoms with van der Waals surface area (Å²) < 4.78 is 0. The molecule has 2 aromatic rings. The maximum Gasteiger partial charge on any atom is 0.303 e. The van der Waals surface area contributed by atoms with Gasteiger partial charge < -0.3 is 10.4 Å². The van der Waals surface area contributed by atoms with Crippen molar-refractivity contribution in [3.05, 3.63) is 22.1 Å². The Morgan fingerprint density at radius 2 is 2.13 bits per heavy atom. The summed E-state index contributed by atoms with van der Waals surface area (Å²) in [5.41, 5.74) is 0.434. The first kappa shape index (κ1) is 17.6. The highest BCUT2D eigenvalue weighted by Gasteiger charge is 2.20. The Morgan fingerprint density at radius 1 is 1.35 bits per heavy atom. The second kappa shape index (κ2) is 8.16. The standard InChI is InChI=1S/C15H19N3O3S2/c1-9(2)8-10-12(13(21)16-5-3-4-11(19)20)18-15(23-10)14-17-6-7-22-14/h6-7,9H,3-5,8H2,1-2H3,(H,16,21)(H,19,20). The Kier molecular flexibility index (Phi) is 6.23. The van der Waals surface area contributed by atoms with Gasteiger partial charge in [-0.15, -0.1) is 22.7 Å². The average Bonchev–Trinajstić information content (AvgIpc) is 3.11. The molecule has 0 saturated heterocycles. The van der Waals surface area contributed by atoms with E-state index in [0.29, 0.717) is 24.6 Å². The van der Waals surface area contributed by atoms with Gasteiger partial charge in [0.15, 0.2) is 10.0 Å². The van der Waals surface area contributed by atoms with E-state index in [1.807, 2.05) is 5.38 Å². The van der Waals surface area contributed by atoms with Gasteiger partial charge in [-0.1, -0.05) is 13.8 Å². The van der Waals surface area contributed by atoms with Crippen LogP contribution in [-0.2, 0) is 11.2 Å². The third-order valence-electron chi connectivity index (χ3n) is 2.97. The molecule has 2 aromatic heterocycles. The van der Waals surface area contributed by atoms with E-state index >= 15 is 0 Å². The molecule has 8 heteroatoms. The first-order valence-corrected chi connectivity index (χ1v) is 9.06. The molecule has 0 fully saturated rings. The van der Waals surface area contributed by atoms with Gasteiger partial charge >= 0.3 is 5.97 Å². The maximum atomic E-state index is 12.3. The van der Waals surface area contributed by atoms with Crippen LogP contribution in [0.5, 0.6) is 0 Å². The van der Waals surface area contributed by atoms with Crippen LogP contribution in [0.25, 0.3) is 10.0 Å². The number of aliphatic carboxylic acids is 1. The van der Waals surface area contributed by atoms with E-state index < -0.39 is 5.97 Å². The Bertz CT molecular complexity index is 666. The number of nitrogens with zero attached hydrogens (tertiary/aromatic N) is 2. The summed E-state index contributed by atoms with van der Waals surface area (Å²) in [5, 5.41) is 14.8. The molecule has 0 aliphatic rings. The second-order valence-corrected chi connectivity index (χ2v) is 7.46. The summed E-state index contributed by atoms with van der Waals surface area (Å²) in [6.07, 6.45) is 2.95. The third-order valence-corrected chi connectivity index (χ3v) is 4.97. The SMILES string of the molecule is CC(C)Cc1sc(-c2nccs2)nc1C(=O)NCCCC(=O)O. The average molecular weight is 353 g/mol. The lowest BCUT2D eigenvalue weighted by molar-refractivity contribution is -0.137. The van der Waals surface area contributed by atoms with Crippen molar-refractivity contribution in [1.82, 2.24) is 15.3 Å². The number of nitrogens with one attached hydrogen (secondary N) is 1. The largest absolute Gasteiger partial charge is 0.481 e. The molecule has 23 heavy (non-hydrogen) atoms. The highest BCUT2D eigenvalue weighted by atomic mass is 32.1. The number of carbonyl (C=O) groups excluding carboxylic acids is 1. The Balaban J connectivity index is 2.11. The molecule has 0 saturated carbocycles. The normalized spacial score (nSPS) is 10.9. The van der Waals surface area contributed by atoms with Crippen molar-refractivity contribution in [2.75, 3.05) is 6.54 Å². The number of hydrogen-bond donors (Lipinski definition) is 2. The van der Waals surface area contributed by atoms with Crippen molar-refractivity contribution in [1.29, 1.82) is 0 Å². The van der Waals surface area contributed by atoms with Crippen LogP contribution in [0, 0.1) is 5.92 Å². The molecule has 0 bridgehead atoms. The van der Waals surface area contributed by atoms with Crippen molar-refractivity contribution in [3.8, 4) is 10.0 Å². The van der Waals surface area contributed by atoms with Crippen LogP contribution in [0.3, 0.4) is 0 Å². The van der Waals surface area contributed by atoms with Gasteiger partial charge in [0.1, 0.15) is 5.69 Å². The number of amides is 1. The van der Waals surface area contributed by atoms with Gasteiger partial charge in [0.25, 0.3) is 5.91 Å². The number of carboxylic acid groups (broad SMARTS) is 1. The van der Waals surface area contributed by atoms with E-state index in [9.17, 15) is 9.59 Å².